The molecule has 1 aromatic rings. The van der Waals surface area contributed by atoms with E-state index in [1.54, 1.807) is 12.1 Å². The van der Waals surface area contributed by atoms with Gasteiger partial charge in [0.25, 0.3) is 11.8 Å². The highest BCUT2D eigenvalue weighted by Gasteiger charge is 2.46. The molecule has 4 aliphatic heterocycles. The number of carbonyl (C=O) groups excluding carboxylic acids is 4. The van der Waals surface area contributed by atoms with Crippen LogP contribution in [0.5, 0.6) is 0 Å². The van der Waals surface area contributed by atoms with Crippen molar-refractivity contribution in [3.8, 4) is 0 Å². The lowest BCUT2D eigenvalue weighted by atomic mass is 9.96. The number of ether oxygens (including phenoxy) is 1. The molecule has 3 saturated heterocycles. The Morgan fingerprint density at radius 1 is 0.941 bits per heavy atom. The van der Waals surface area contributed by atoms with Crippen molar-refractivity contribution in [3.63, 3.8) is 0 Å². The van der Waals surface area contributed by atoms with Crippen LogP contribution in [0.25, 0.3) is 0 Å². The van der Waals surface area contributed by atoms with E-state index < -0.39 is 23.8 Å². The number of amides is 4. The Labute approximate surface area is 199 Å². The number of anilines is 1. The Bertz CT molecular complexity index is 995. The zero-order valence-electron chi connectivity index (χ0n) is 19.6. The number of carbonyl (C=O) groups is 4. The number of hydrogen-bond donors (Lipinski definition) is 1. The first-order valence-corrected chi connectivity index (χ1v) is 12.3. The molecule has 4 amide bonds. The first-order chi connectivity index (χ1) is 16.4. The Kier molecular flexibility index (Phi) is 6.40. The van der Waals surface area contributed by atoms with E-state index >= 15 is 0 Å². The van der Waals surface area contributed by atoms with Crippen molar-refractivity contribution in [1.29, 1.82) is 0 Å². The zero-order chi connectivity index (χ0) is 23.8. The predicted molar refractivity (Wildman–Crippen MR) is 125 cm³/mol. The standard InChI is InChI=1S/C25H32N4O5/c1-27-11-9-17(10-12-27)34-15-16-7-13-28(14-8-16)19-4-2-3-18-22(19)25(33)29(24(18)32)20-5-6-21(30)26-23(20)31/h2-4,16-17,20H,5-15H2,1H3,(H,26,30,31). The Hall–Kier alpha value is -2.78. The zero-order valence-corrected chi connectivity index (χ0v) is 19.6. The number of imide groups is 2. The molecular weight excluding hydrogens is 436 g/mol. The summed E-state index contributed by atoms with van der Waals surface area (Å²) >= 11 is 0. The summed E-state index contributed by atoms with van der Waals surface area (Å²) in [5, 5.41) is 2.25. The van der Waals surface area contributed by atoms with Crippen LogP contribution in [0.3, 0.4) is 0 Å². The highest BCUT2D eigenvalue weighted by atomic mass is 16.5. The summed E-state index contributed by atoms with van der Waals surface area (Å²) in [6.45, 7) is 4.53. The van der Waals surface area contributed by atoms with E-state index in [-0.39, 0.29) is 18.7 Å². The molecule has 3 fully saturated rings. The maximum absolute atomic E-state index is 13.4. The summed E-state index contributed by atoms with van der Waals surface area (Å²) in [6.07, 6.45) is 4.74. The highest BCUT2D eigenvalue weighted by molar-refractivity contribution is 6.25. The van der Waals surface area contributed by atoms with Crippen molar-refractivity contribution in [3.05, 3.63) is 29.3 Å². The molecule has 4 heterocycles. The molecule has 0 bridgehead atoms. The number of benzene rings is 1. The Balaban J connectivity index is 1.23. The number of piperidine rings is 3. The lowest BCUT2D eigenvalue weighted by molar-refractivity contribution is -0.136. The van der Waals surface area contributed by atoms with Gasteiger partial charge in [0.1, 0.15) is 6.04 Å². The number of nitrogens with one attached hydrogen (secondary N) is 1. The van der Waals surface area contributed by atoms with Crippen LogP contribution < -0.4 is 10.2 Å². The quantitative estimate of drug-likeness (QED) is 0.653. The number of hydrogen-bond acceptors (Lipinski definition) is 7. The molecular formula is C25H32N4O5. The first-order valence-electron chi connectivity index (χ1n) is 12.3. The van der Waals surface area contributed by atoms with Gasteiger partial charge in [0.2, 0.25) is 11.8 Å². The molecule has 0 aromatic heterocycles. The monoisotopic (exact) mass is 468 g/mol. The molecule has 34 heavy (non-hydrogen) atoms. The largest absolute Gasteiger partial charge is 0.378 e. The number of likely N-dealkylation sites (tertiary alicyclic amines) is 1. The van der Waals surface area contributed by atoms with Gasteiger partial charge in [0, 0.05) is 39.2 Å². The Morgan fingerprint density at radius 2 is 1.68 bits per heavy atom. The van der Waals surface area contributed by atoms with Crippen LogP contribution >= 0.6 is 0 Å². The van der Waals surface area contributed by atoms with Crippen LogP contribution in [0.4, 0.5) is 5.69 Å². The lowest BCUT2D eigenvalue weighted by Gasteiger charge is -2.36. The summed E-state index contributed by atoms with van der Waals surface area (Å²) < 4.78 is 6.20. The minimum absolute atomic E-state index is 0.115. The van der Waals surface area contributed by atoms with E-state index in [9.17, 15) is 19.2 Å². The maximum atomic E-state index is 13.4. The second-order valence-corrected chi connectivity index (χ2v) is 9.91. The smallest absolute Gasteiger partial charge is 0.264 e. The van der Waals surface area contributed by atoms with E-state index in [2.05, 4.69) is 22.2 Å². The molecule has 0 spiro atoms. The second kappa shape index (κ2) is 9.46. The van der Waals surface area contributed by atoms with Crippen LogP contribution in [0.2, 0.25) is 0 Å². The van der Waals surface area contributed by atoms with Crippen LogP contribution in [-0.4, -0.2) is 85.4 Å². The molecule has 9 heteroatoms. The minimum Gasteiger partial charge on any atom is -0.378 e. The molecule has 1 N–H and O–H groups in total. The van der Waals surface area contributed by atoms with Gasteiger partial charge in [-0.05, 0) is 57.2 Å². The number of rotatable bonds is 5. The third kappa shape index (κ3) is 4.34. The average molecular weight is 469 g/mol. The molecule has 1 unspecified atom stereocenters. The fourth-order valence-electron chi connectivity index (χ4n) is 5.52. The fraction of sp³-hybridized carbons (Fsp3) is 0.600. The summed E-state index contributed by atoms with van der Waals surface area (Å²) in [5.74, 6) is -1.38. The lowest BCUT2D eigenvalue weighted by Crippen LogP contribution is -2.54. The van der Waals surface area contributed by atoms with Gasteiger partial charge in [-0.3, -0.25) is 29.4 Å². The van der Waals surface area contributed by atoms with Gasteiger partial charge in [0.15, 0.2) is 0 Å². The van der Waals surface area contributed by atoms with Gasteiger partial charge in [-0.2, -0.15) is 0 Å². The molecule has 4 aliphatic rings. The summed E-state index contributed by atoms with van der Waals surface area (Å²) in [4.78, 5) is 55.8. The summed E-state index contributed by atoms with van der Waals surface area (Å²) in [6, 6.07) is 4.38. The molecule has 0 aliphatic carbocycles. The van der Waals surface area contributed by atoms with Crippen molar-refractivity contribution in [2.24, 2.45) is 5.92 Å². The van der Waals surface area contributed by atoms with E-state index in [4.69, 9.17) is 4.74 Å². The van der Waals surface area contributed by atoms with Gasteiger partial charge >= 0.3 is 0 Å². The molecule has 9 nitrogen and oxygen atoms in total. The van der Waals surface area contributed by atoms with Gasteiger partial charge in [-0.15, -0.1) is 0 Å². The number of fused-ring (bicyclic) bond motifs is 1. The topological polar surface area (TPSA) is 99.3 Å². The highest BCUT2D eigenvalue weighted by Crippen LogP contribution is 2.36. The van der Waals surface area contributed by atoms with E-state index in [0.29, 0.717) is 23.1 Å². The summed E-state index contributed by atoms with van der Waals surface area (Å²) in [5.41, 5.74) is 1.46. The molecule has 0 saturated carbocycles. The van der Waals surface area contributed by atoms with E-state index in [0.717, 1.165) is 69.1 Å². The van der Waals surface area contributed by atoms with Crippen molar-refractivity contribution < 1.29 is 23.9 Å². The van der Waals surface area contributed by atoms with Crippen LogP contribution in [0.15, 0.2) is 18.2 Å². The van der Waals surface area contributed by atoms with Gasteiger partial charge in [-0.1, -0.05) is 6.07 Å². The minimum atomic E-state index is -0.944. The second-order valence-electron chi connectivity index (χ2n) is 9.91. The third-order valence-corrected chi connectivity index (χ3v) is 7.63. The van der Waals surface area contributed by atoms with Crippen molar-refractivity contribution in [2.45, 2.75) is 50.7 Å². The van der Waals surface area contributed by atoms with E-state index in [1.165, 1.54) is 0 Å². The first kappa shape index (κ1) is 23.0. The van der Waals surface area contributed by atoms with Crippen LogP contribution in [0, 0.1) is 5.92 Å². The molecule has 182 valence electrons. The maximum Gasteiger partial charge on any atom is 0.264 e. The molecule has 1 atom stereocenters. The van der Waals surface area contributed by atoms with Gasteiger partial charge in [-0.25, -0.2) is 0 Å². The average Bonchev–Trinajstić information content (AvgIpc) is 3.09. The van der Waals surface area contributed by atoms with Crippen molar-refractivity contribution in [2.75, 3.05) is 44.7 Å². The predicted octanol–water partition coefficient (Wildman–Crippen LogP) is 1.42. The fourth-order valence-corrected chi connectivity index (χ4v) is 5.52. The van der Waals surface area contributed by atoms with Crippen LogP contribution in [0.1, 0.15) is 59.2 Å². The molecule has 1 aromatic carbocycles. The van der Waals surface area contributed by atoms with Crippen molar-refractivity contribution in [1.82, 2.24) is 15.1 Å². The SMILES string of the molecule is CN1CCC(OCC2CCN(c3cccc4c3C(=O)N(C3CCC(=O)NC3=O)C4=O)CC2)CC1. The Morgan fingerprint density at radius 3 is 2.38 bits per heavy atom. The van der Waals surface area contributed by atoms with Gasteiger partial charge in [0.05, 0.1) is 22.9 Å². The molecule has 5 rings (SSSR count). The van der Waals surface area contributed by atoms with Crippen LogP contribution in [-0.2, 0) is 14.3 Å². The molecule has 0 radical (unpaired) electrons. The third-order valence-electron chi connectivity index (χ3n) is 7.63. The van der Waals surface area contributed by atoms with E-state index in [1.807, 2.05) is 6.07 Å². The normalized spacial score (nSPS) is 25.1. The van der Waals surface area contributed by atoms with Gasteiger partial charge < -0.3 is 14.5 Å². The number of nitrogens with zero attached hydrogens (tertiary/aromatic N) is 3. The van der Waals surface area contributed by atoms with Crippen molar-refractivity contribution >= 4 is 29.3 Å². The summed E-state index contributed by atoms with van der Waals surface area (Å²) in [7, 11) is 2.15.